The quantitative estimate of drug-likeness (QED) is 0.584. The van der Waals surface area contributed by atoms with Gasteiger partial charge in [0, 0.05) is 11.3 Å². The van der Waals surface area contributed by atoms with Crippen LogP contribution in [0, 0.1) is 5.41 Å². The Labute approximate surface area is 175 Å². The van der Waals surface area contributed by atoms with Crippen molar-refractivity contribution in [1.82, 2.24) is 5.32 Å². The van der Waals surface area contributed by atoms with Crippen LogP contribution in [-0.4, -0.2) is 54.7 Å². The van der Waals surface area contributed by atoms with Crippen LogP contribution >= 0.6 is 0 Å². The van der Waals surface area contributed by atoms with Crippen LogP contribution in [0.3, 0.4) is 0 Å². The molecule has 1 unspecified atom stereocenters. The number of rotatable bonds is 9. The molecule has 2 aromatic carbocycles. The van der Waals surface area contributed by atoms with Crippen LogP contribution in [0.4, 0.5) is 4.79 Å². The van der Waals surface area contributed by atoms with E-state index in [1.165, 1.54) is 0 Å². The minimum Gasteiger partial charge on any atom is -0.480 e. The van der Waals surface area contributed by atoms with Crippen LogP contribution in [0.1, 0.15) is 30.9 Å². The fraction of sp³-hybridized carbons (Fsp3) is 0.391. The van der Waals surface area contributed by atoms with E-state index < -0.39 is 23.5 Å². The zero-order valence-corrected chi connectivity index (χ0v) is 17.1. The summed E-state index contributed by atoms with van der Waals surface area (Å²) in [5, 5.41) is 20.9. The van der Waals surface area contributed by atoms with Gasteiger partial charge < -0.3 is 25.0 Å². The molecule has 0 aromatic heterocycles. The van der Waals surface area contributed by atoms with Crippen LogP contribution < -0.4 is 5.32 Å². The Bertz CT molecular complexity index is 865. The number of carbonyl (C=O) groups excluding carboxylic acids is 1. The van der Waals surface area contributed by atoms with Crippen LogP contribution in [-0.2, 0) is 14.3 Å². The second-order valence-corrected chi connectivity index (χ2v) is 8.20. The SMILES string of the molecule is CC(C)(CO)COCC(NC(=O)OCC1c2ccccc2-c2ccccc21)C(=O)O. The van der Waals surface area contributed by atoms with Gasteiger partial charge in [0.15, 0.2) is 6.04 Å². The summed E-state index contributed by atoms with van der Waals surface area (Å²) in [4.78, 5) is 23.7. The molecule has 3 rings (SSSR count). The predicted molar refractivity (Wildman–Crippen MR) is 111 cm³/mol. The van der Waals surface area contributed by atoms with Crippen LogP contribution in [0.15, 0.2) is 48.5 Å². The van der Waals surface area contributed by atoms with E-state index in [9.17, 15) is 19.8 Å². The molecule has 7 heteroatoms. The largest absolute Gasteiger partial charge is 0.480 e. The van der Waals surface area contributed by atoms with E-state index in [1.807, 2.05) is 48.5 Å². The van der Waals surface area contributed by atoms with Crippen molar-refractivity contribution in [1.29, 1.82) is 0 Å². The van der Waals surface area contributed by atoms with E-state index in [4.69, 9.17) is 9.47 Å². The number of amides is 1. The number of carboxylic acid groups (broad SMARTS) is 1. The van der Waals surface area contributed by atoms with Gasteiger partial charge in [-0.05, 0) is 22.3 Å². The molecule has 160 valence electrons. The Hall–Kier alpha value is -2.90. The number of fused-ring (bicyclic) bond motifs is 3. The van der Waals surface area contributed by atoms with Gasteiger partial charge in [0.05, 0.1) is 19.8 Å². The number of carboxylic acids is 1. The first kappa shape index (κ1) is 21.8. The van der Waals surface area contributed by atoms with Gasteiger partial charge in [0.25, 0.3) is 0 Å². The van der Waals surface area contributed by atoms with Gasteiger partial charge in [-0.1, -0.05) is 62.4 Å². The van der Waals surface area contributed by atoms with Gasteiger partial charge >= 0.3 is 12.1 Å². The zero-order chi connectivity index (χ0) is 21.7. The highest BCUT2D eigenvalue weighted by Crippen LogP contribution is 2.44. The molecule has 0 fully saturated rings. The second-order valence-electron chi connectivity index (χ2n) is 8.20. The average Bonchev–Trinajstić information content (AvgIpc) is 3.05. The van der Waals surface area contributed by atoms with E-state index in [0.29, 0.717) is 0 Å². The topological polar surface area (TPSA) is 105 Å². The standard InChI is InChI=1S/C23H27NO6/c1-23(2,13-25)14-29-12-20(21(26)27)24-22(28)30-11-19-17-9-5-3-7-15(17)16-8-4-6-10-18(16)19/h3-10,19-20,25H,11-14H2,1-2H3,(H,24,28)(H,26,27). The molecule has 7 nitrogen and oxygen atoms in total. The summed E-state index contributed by atoms with van der Waals surface area (Å²) in [5.41, 5.74) is 3.90. The van der Waals surface area contributed by atoms with Gasteiger partial charge in [0.1, 0.15) is 6.61 Å². The summed E-state index contributed by atoms with van der Waals surface area (Å²) < 4.78 is 10.8. The third-order valence-electron chi connectivity index (χ3n) is 5.14. The Morgan fingerprint density at radius 1 is 1.07 bits per heavy atom. The second kappa shape index (κ2) is 9.28. The number of alkyl carbamates (subject to hydrolysis) is 1. The average molecular weight is 413 g/mol. The first-order chi connectivity index (χ1) is 14.3. The lowest BCUT2D eigenvalue weighted by Crippen LogP contribution is -2.45. The molecule has 30 heavy (non-hydrogen) atoms. The summed E-state index contributed by atoms with van der Waals surface area (Å²) in [6, 6.07) is 14.7. The molecule has 0 spiro atoms. The molecule has 0 saturated heterocycles. The maximum atomic E-state index is 12.3. The number of ether oxygens (including phenoxy) is 2. The first-order valence-corrected chi connectivity index (χ1v) is 9.85. The third kappa shape index (κ3) is 4.98. The lowest BCUT2D eigenvalue weighted by Gasteiger charge is -2.23. The van der Waals surface area contributed by atoms with E-state index in [0.717, 1.165) is 22.3 Å². The molecule has 3 N–H and O–H groups in total. The predicted octanol–water partition coefficient (Wildman–Crippen LogP) is 3.01. The van der Waals surface area contributed by atoms with E-state index in [-0.39, 0.29) is 32.3 Å². The van der Waals surface area contributed by atoms with Crippen molar-refractivity contribution in [2.24, 2.45) is 5.41 Å². The minimum atomic E-state index is -1.24. The van der Waals surface area contributed by atoms with Crippen molar-refractivity contribution < 1.29 is 29.3 Å². The zero-order valence-electron chi connectivity index (χ0n) is 17.1. The molecular weight excluding hydrogens is 386 g/mol. The number of benzene rings is 2. The molecule has 0 heterocycles. The number of hydrogen-bond acceptors (Lipinski definition) is 5. The Morgan fingerprint density at radius 3 is 2.17 bits per heavy atom. The van der Waals surface area contributed by atoms with Gasteiger partial charge in [-0.25, -0.2) is 9.59 Å². The highest BCUT2D eigenvalue weighted by atomic mass is 16.5. The number of aliphatic carboxylic acids is 1. The molecule has 0 bridgehead atoms. The summed E-state index contributed by atoms with van der Waals surface area (Å²) in [6.07, 6.45) is -0.811. The Balaban J connectivity index is 1.59. The highest BCUT2D eigenvalue weighted by Gasteiger charge is 2.30. The van der Waals surface area contributed by atoms with Crippen LogP contribution in [0.25, 0.3) is 11.1 Å². The van der Waals surface area contributed by atoms with Gasteiger partial charge in [-0.3, -0.25) is 0 Å². The number of nitrogens with one attached hydrogen (secondary N) is 1. The van der Waals surface area contributed by atoms with Crippen molar-refractivity contribution >= 4 is 12.1 Å². The first-order valence-electron chi connectivity index (χ1n) is 9.85. The fourth-order valence-electron chi connectivity index (χ4n) is 3.46. The lowest BCUT2D eigenvalue weighted by atomic mass is 9.97. The Kier molecular flexibility index (Phi) is 6.74. The molecular formula is C23H27NO6. The molecule has 1 amide bonds. The normalized spacial score (nSPS) is 14.0. The van der Waals surface area contributed by atoms with Crippen molar-refractivity contribution in [3.05, 3.63) is 59.7 Å². The van der Waals surface area contributed by atoms with Gasteiger partial charge in [-0.15, -0.1) is 0 Å². The molecule has 2 aromatic rings. The van der Waals surface area contributed by atoms with Crippen molar-refractivity contribution in [3.8, 4) is 11.1 Å². The molecule has 0 radical (unpaired) electrons. The molecule has 0 saturated carbocycles. The molecule has 0 aliphatic heterocycles. The summed E-state index contributed by atoms with van der Waals surface area (Å²) >= 11 is 0. The van der Waals surface area contributed by atoms with Crippen LogP contribution in [0.2, 0.25) is 0 Å². The van der Waals surface area contributed by atoms with E-state index in [1.54, 1.807) is 13.8 Å². The van der Waals surface area contributed by atoms with Gasteiger partial charge in [0.2, 0.25) is 0 Å². The van der Waals surface area contributed by atoms with Gasteiger partial charge in [-0.2, -0.15) is 0 Å². The number of carbonyl (C=O) groups is 2. The molecule has 1 aliphatic rings. The molecule has 1 atom stereocenters. The lowest BCUT2D eigenvalue weighted by molar-refractivity contribution is -0.141. The summed E-state index contributed by atoms with van der Waals surface area (Å²) in [6.45, 7) is 3.54. The van der Waals surface area contributed by atoms with Crippen LogP contribution in [0.5, 0.6) is 0 Å². The van der Waals surface area contributed by atoms with E-state index >= 15 is 0 Å². The Morgan fingerprint density at radius 2 is 1.63 bits per heavy atom. The third-order valence-corrected chi connectivity index (χ3v) is 5.14. The smallest absolute Gasteiger partial charge is 0.407 e. The maximum absolute atomic E-state index is 12.3. The number of aliphatic hydroxyl groups is 1. The highest BCUT2D eigenvalue weighted by molar-refractivity contribution is 5.81. The van der Waals surface area contributed by atoms with Crippen molar-refractivity contribution in [3.63, 3.8) is 0 Å². The maximum Gasteiger partial charge on any atom is 0.407 e. The van der Waals surface area contributed by atoms with Crippen molar-refractivity contribution in [2.45, 2.75) is 25.8 Å². The monoisotopic (exact) mass is 413 g/mol. The van der Waals surface area contributed by atoms with E-state index in [2.05, 4.69) is 5.32 Å². The fourth-order valence-corrected chi connectivity index (χ4v) is 3.46. The number of hydrogen-bond donors (Lipinski definition) is 3. The minimum absolute atomic E-state index is 0.0927. The summed E-state index contributed by atoms with van der Waals surface area (Å²) in [7, 11) is 0. The number of aliphatic hydroxyl groups excluding tert-OH is 1. The van der Waals surface area contributed by atoms with Crippen molar-refractivity contribution in [2.75, 3.05) is 26.4 Å². The molecule has 1 aliphatic carbocycles. The summed E-state index contributed by atoms with van der Waals surface area (Å²) in [5.74, 6) is -1.32.